The van der Waals surface area contributed by atoms with Crippen LogP contribution in [0.2, 0.25) is 0 Å². The van der Waals surface area contributed by atoms with Gasteiger partial charge in [-0.25, -0.2) is 13.6 Å². The van der Waals surface area contributed by atoms with E-state index in [2.05, 4.69) is 10.6 Å². The number of halogens is 2. The molecule has 2 aromatic carbocycles. The maximum Gasteiger partial charge on any atom is 0.411 e. The molecule has 0 heterocycles. The zero-order chi connectivity index (χ0) is 30.7. The molecule has 42 heavy (non-hydrogen) atoms. The van der Waals surface area contributed by atoms with E-state index in [-0.39, 0.29) is 31.4 Å². The number of rotatable bonds is 9. The number of hydrogen-bond donors (Lipinski definition) is 4. The number of benzene rings is 2. The fraction of sp³-hybridized carbons (Fsp3) is 0.548. The molecule has 0 aromatic heterocycles. The van der Waals surface area contributed by atoms with E-state index in [4.69, 9.17) is 14.2 Å². The van der Waals surface area contributed by atoms with Gasteiger partial charge in [0.15, 0.2) is 0 Å². The summed E-state index contributed by atoms with van der Waals surface area (Å²) in [5.74, 6) is -1.38. The van der Waals surface area contributed by atoms with Crippen LogP contribution in [0.25, 0.3) is 0 Å². The van der Waals surface area contributed by atoms with Gasteiger partial charge in [-0.2, -0.15) is 0 Å². The Balaban J connectivity index is 1.45. The van der Waals surface area contributed by atoms with Crippen LogP contribution < -0.4 is 20.1 Å². The molecule has 9 nitrogen and oxygen atoms in total. The number of nitrogens with one attached hydrogen (secondary N) is 2. The van der Waals surface area contributed by atoms with Crippen molar-refractivity contribution in [3.05, 3.63) is 53.6 Å². The quantitative estimate of drug-likeness (QED) is 0.331. The number of ether oxygens (including phenoxy) is 3. The van der Waals surface area contributed by atoms with Crippen LogP contribution in [-0.2, 0) is 16.1 Å². The highest BCUT2D eigenvalue weighted by atomic mass is 19.1. The maximum absolute atomic E-state index is 13.5. The molecule has 2 aromatic rings. The third-order valence-corrected chi connectivity index (χ3v) is 9.34. The van der Waals surface area contributed by atoms with Gasteiger partial charge in [0.2, 0.25) is 5.91 Å². The molecule has 4 N–H and O–H groups in total. The number of methoxy groups -OCH3 is 2. The first kappa shape index (κ1) is 31.5. The van der Waals surface area contributed by atoms with Gasteiger partial charge in [0.05, 0.1) is 32.6 Å². The highest BCUT2D eigenvalue weighted by molar-refractivity contribution is 5.85. The molecule has 0 radical (unpaired) electrons. The second kappa shape index (κ2) is 12.8. The molecule has 2 aliphatic rings. The summed E-state index contributed by atoms with van der Waals surface area (Å²) >= 11 is 0. The van der Waals surface area contributed by atoms with Crippen LogP contribution in [0.5, 0.6) is 11.5 Å². The van der Waals surface area contributed by atoms with Gasteiger partial charge in [-0.3, -0.25) is 10.1 Å². The van der Waals surface area contributed by atoms with Gasteiger partial charge >= 0.3 is 6.09 Å². The van der Waals surface area contributed by atoms with Crippen molar-refractivity contribution in [1.82, 2.24) is 5.32 Å². The molecule has 11 heteroatoms. The van der Waals surface area contributed by atoms with Gasteiger partial charge in [-0.1, -0.05) is 13.8 Å². The van der Waals surface area contributed by atoms with Gasteiger partial charge in [0.25, 0.3) is 0 Å². The Morgan fingerprint density at radius 3 is 2.21 bits per heavy atom. The average molecular weight is 591 g/mol. The number of aliphatic hydroxyl groups excluding tert-OH is 2. The average Bonchev–Trinajstić information content (AvgIpc) is 2.94. The summed E-state index contributed by atoms with van der Waals surface area (Å²) in [5, 5.41) is 27.1. The Hall–Kier alpha value is -3.44. The highest BCUT2D eigenvalue weighted by Gasteiger charge is 2.60. The number of carbonyl (C=O) groups is 2. The first-order chi connectivity index (χ1) is 19.9. The lowest BCUT2D eigenvalue weighted by Gasteiger charge is -2.60. The summed E-state index contributed by atoms with van der Waals surface area (Å²) in [6, 6.07) is 8.03. The second-order valence-corrected chi connectivity index (χ2v) is 11.9. The van der Waals surface area contributed by atoms with Crippen LogP contribution >= 0.6 is 0 Å². The predicted octanol–water partition coefficient (Wildman–Crippen LogP) is 4.79. The Bertz CT molecular complexity index is 1250. The monoisotopic (exact) mass is 590 g/mol. The van der Waals surface area contributed by atoms with Crippen LogP contribution in [-0.4, -0.2) is 55.2 Å². The smallest absolute Gasteiger partial charge is 0.411 e. The first-order valence-corrected chi connectivity index (χ1v) is 14.1. The summed E-state index contributed by atoms with van der Waals surface area (Å²) < 4.78 is 43.5. The molecule has 0 aliphatic heterocycles. The molecule has 0 saturated heterocycles. The zero-order valence-electron chi connectivity index (χ0n) is 24.4. The largest absolute Gasteiger partial charge is 0.497 e. The van der Waals surface area contributed by atoms with Gasteiger partial charge in [-0.15, -0.1) is 0 Å². The highest BCUT2D eigenvalue weighted by Crippen LogP contribution is 2.61. The van der Waals surface area contributed by atoms with Crippen molar-refractivity contribution in [1.29, 1.82) is 0 Å². The second-order valence-electron chi connectivity index (χ2n) is 11.9. The summed E-state index contributed by atoms with van der Waals surface area (Å²) in [6.07, 6.45) is -0.0311. The first-order valence-electron chi connectivity index (χ1n) is 14.1. The maximum atomic E-state index is 13.5. The molecular weight excluding hydrogens is 550 g/mol. The van der Waals surface area contributed by atoms with E-state index in [9.17, 15) is 28.6 Å². The normalized spacial score (nSPS) is 28.8. The van der Waals surface area contributed by atoms with Crippen molar-refractivity contribution in [3.63, 3.8) is 0 Å². The van der Waals surface area contributed by atoms with Crippen molar-refractivity contribution in [3.8, 4) is 11.5 Å². The van der Waals surface area contributed by atoms with Crippen LogP contribution in [0.3, 0.4) is 0 Å². The standard InChI is InChI=1S/C31H40F2N2O7/c1-30-8-7-27(42-29(39)35-21-12-22(40-3)14-23(13-21)41-4)31(2,17-36)26(30)6-5-25(37)24(30)15-28(38)34-16-18-9-19(32)11-20(33)10-18/h9-14,24-27,36-37H,5-8,15-17H2,1-4H3,(H,34,38)(H,35,39)/t24-,25-,26+,27-,30+,31+/m1/s1. The van der Waals surface area contributed by atoms with E-state index in [0.717, 1.165) is 18.2 Å². The lowest BCUT2D eigenvalue weighted by molar-refractivity contribution is -0.185. The van der Waals surface area contributed by atoms with E-state index >= 15 is 0 Å². The number of hydrogen-bond acceptors (Lipinski definition) is 7. The summed E-state index contributed by atoms with van der Waals surface area (Å²) in [7, 11) is 3.01. The van der Waals surface area contributed by atoms with Crippen molar-refractivity contribution in [2.45, 2.75) is 64.7 Å². The minimum atomic E-state index is -0.829. The zero-order valence-corrected chi connectivity index (χ0v) is 24.4. The molecule has 2 saturated carbocycles. The van der Waals surface area contributed by atoms with Crippen LogP contribution in [0.4, 0.5) is 19.3 Å². The van der Waals surface area contributed by atoms with E-state index in [1.807, 2.05) is 13.8 Å². The van der Waals surface area contributed by atoms with Crippen LogP contribution in [0.1, 0.15) is 51.5 Å². The van der Waals surface area contributed by atoms with Crippen molar-refractivity contribution >= 4 is 17.7 Å². The van der Waals surface area contributed by atoms with Gasteiger partial charge in [0, 0.05) is 42.6 Å². The fourth-order valence-corrected chi connectivity index (χ4v) is 7.12. The summed E-state index contributed by atoms with van der Waals surface area (Å²) in [4.78, 5) is 25.9. The molecule has 230 valence electrons. The molecule has 2 amide bonds. The molecule has 6 atom stereocenters. The van der Waals surface area contributed by atoms with Gasteiger partial charge in [0.1, 0.15) is 29.2 Å². The number of aliphatic hydroxyl groups is 2. The lowest BCUT2D eigenvalue weighted by Crippen LogP contribution is -2.61. The summed E-state index contributed by atoms with van der Waals surface area (Å²) in [5.41, 5.74) is -0.640. The minimum Gasteiger partial charge on any atom is -0.497 e. The minimum absolute atomic E-state index is 0.0111. The number of fused-ring (bicyclic) bond motifs is 1. The Morgan fingerprint density at radius 1 is 0.976 bits per heavy atom. The Morgan fingerprint density at radius 2 is 1.62 bits per heavy atom. The molecule has 0 spiro atoms. The number of amides is 2. The van der Waals surface area contributed by atoms with Crippen molar-refractivity contribution in [2.75, 3.05) is 26.1 Å². The topological polar surface area (TPSA) is 126 Å². The molecule has 2 aliphatic carbocycles. The van der Waals surface area contributed by atoms with Crippen molar-refractivity contribution in [2.24, 2.45) is 22.7 Å². The third-order valence-electron chi connectivity index (χ3n) is 9.34. The lowest BCUT2D eigenvalue weighted by atomic mass is 9.46. The fourth-order valence-electron chi connectivity index (χ4n) is 7.12. The predicted molar refractivity (Wildman–Crippen MR) is 151 cm³/mol. The SMILES string of the molecule is COc1cc(NC(=O)O[C@@H]2CC[C@]3(C)[C@H](CC[C@@H](O)[C@H]3CC(=O)NCc3cc(F)cc(F)c3)[C@]2(C)CO)cc(OC)c1. The van der Waals surface area contributed by atoms with Gasteiger partial charge < -0.3 is 29.7 Å². The summed E-state index contributed by atoms with van der Waals surface area (Å²) in [6.45, 7) is 3.61. The molecule has 4 rings (SSSR count). The van der Waals surface area contributed by atoms with Crippen molar-refractivity contribution < 1.29 is 42.8 Å². The third kappa shape index (κ3) is 6.62. The Kier molecular flexibility index (Phi) is 9.62. The van der Waals surface area contributed by atoms with Gasteiger partial charge in [-0.05, 0) is 60.6 Å². The number of carbonyl (C=O) groups excluding carboxylic acids is 2. The molecule has 0 bridgehead atoms. The molecule has 2 fully saturated rings. The van der Waals surface area contributed by atoms with E-state index < -0.39 is 46.7 Å². The molecular formula is C31H40F2N2O7. The van der Waals surface area contributed by atoms with Crippen LogP contribution in [0, 0.1) is 34.3 Å². The number of anilines is 1. The van der Waals surface area contributed by atoms with E-state index in [1.54, 1.807) is 18.2 Å². The van der Waals surface area contributed by atoms with Crippen LogP contribution in [0.15, 0.2) is 36.4 Å². The Labute approximate surface area is 244 Å². The molecule has 0 unspecified atom stereocenters. The van der Waals surface area contributed by atoms with E-state index in [0.29, 0.717) is 48.4 Å². The van der Waals surface area contributed by atoms with E-state index in [1.165, 1.54) is 14.2 Å².